The zero-order valence-corrected chi connectivity index (χ0v) is 14.4. The summed E-state index contributed by atoms with van der Waals surface area (Å²) in [5.74, 6) is 0.0371. The maximum Gasteiger partial charge on any atom is 0.297 e. The van der Waals surface area contributed by atoms with Gasteiger partial charge in [-0.3, -0.25) is 4.68 Å². The number of alkyl halides is 2. The molecule has 0 saturated carbocycles. The van der Waals surface area contributed by atoms with Crippen LogP contribution in [0.3, 0.4) is 0 Å². The molecule has 26 heavy (non-hydrogen) atoms. The summed E-state index contributed by atoms with van der Waals surface area (Å²) in [5.41, 5.74) is 1.60. The second-order valence-electron chi connectivity index (χ2n) is 6.55. The number of aromatic nitrogens is 4. The number of halogens is 2. The van der Waals surface area contributed by atoms with Crippen LogP contribution >= 0.6 is 0 Å². The number of rotatable bonds is 4. The van der Waals surface area contributed by atoms with Crippen molar-refractivity contribution >= 4 is 22.4 Å². The Morgan fingerprint density at radius 2 is 2.08 bits per heavy atom. The third-order valence-electron chi connectivity index (χ3n) is 4.63. The molecule has 1 aliphatic rings. The van der Waals surface area contributed by atoms with E-state index in [0.717, 1.165) is 37.0 Å². The van der Waals surface area contributed by atoms with Gasteiger partial charge < -0.3 is 10.2 Å². The Labute approximate surface area is 149 Å². The third-order valence-corrected chi connectivity index (χ3v) is 4.63. The van der Waals surface area contributed by atoms with Crippen molar-refractivity contribution in [3.05, 3.63) is 42.5 Å². The summed E-state index contributed by atoms with van der Waals surface area (Å²) in [4.78, 5) is 10.3. The number of para-hydroxylation sites is 1. The van der Waals surface area contributed by atoms with Crippen molar-refractivity contribution in [3.63, 3.8) is 0 Å². The fraction of sp³-hybridized carbons (Fsp3) is 0.389. The van der Waals surface area contributed by atoms with Gasteiger partial charge in [0.15, 0.2) is 5.82 Å². The fourth-order valence-electron chi connectivity index (χ4n) is 3.40. The predicted molar refractivity (Wildman–Crippen MR) is 96.6 cm³/mol. The van der Waals surface area contributed by atoms with Crippen molar-refractivity contribution in [1.82, 2.24) is 19.7 Å². The number of hydrogen-bond donors (Lipinski definition) is 1. The summed E-state index contributed by atoms with van der Waals surface area (Å²) in [6, 6.07) is 7.36. The van der Waals surface area contributed by atoms with E-state index >= 15 is 0 Å². The number of hydrogen-bond acceptors (Lipinski definition) is 5. The zero-order chi connectivity index (χ0) is 18.1. The third kappa shape index (κ3) is 3.31. The van der Waals surface area contributed by atoms with Gasteiger partial charge in [0, 0.05) is 37.8 Å². The van der Waals surface area contributed by atoms with Crippen LogP contribution in [0.25, 0.3) is 10.9 Å². The van der Waals surface area contributed by atoms with Crippen LogP contribution in [0.1, 0.15) is 25.1 Å². The number of aryl methyl sites for hydroxylation is 1. The van der Waals surface area contributed by atoms with E-state index < -0.39 is 12.2 Å². The highest BCUT2D eigenvalue weighted by atomic mass is 19.3. The Balaban J connectivity index is 1.60. The molecule has 6 nitrogen and oxygen atoms in total. The van der Waals surface area contributed by atoms with Gasteiger partial charge in [-0.1, -0.05) is 12.1 Å². The van der Waals surface area contributed by atoms with Crippen LogP contribution in [0.2, 0.25) is 0 Å². The summed E-state index contributed by atoms with van der Waals surface area (Å²) < 4.78 is 28.1. The number of nitrogens with one attached hydrogen (secondary N) is 1. The van der Waals surface area contributed by atoms with Gasteiger partial charge in [0.1, 0.15) is 5.82 Å². The van der Waals surface area contributed by atoms with Crippen molar-refractivity contribution < 1.29 is 8.78 Å². The molecule has 0 amide bonds. The van der Waals surface area contributed by atoms with Gasteiger partial charge >= 0.3 is 0 Å². The van der Waals surface area contributed by atoms with Gasteiger partial charge in [-0.15, -0.1) is 0 Å². The first-order valence-electron chi connectivity index (χ1n) is 8.65. The molecule has 4 rings (SSSR count). The monoisotopic (exact) mass is 358 g/mol. The molecule has 0 bridgehead atoms. The van der Waals surface area contributed by atoms with E-state index in [1.807, 2.05) is 31.6 Å². The molecule has 0 aliphatic carbocycles. The quantitative estimate of drug-likeness (QED) is 0.775. The minimum atomic E-state index is -2.70. The van der Waals surface area contributed by atoms with Gasteiger partial charge in [-0.2, -0.15) is 5.10 Å². The summed E-state index contributed by atoms with van der Waals surface area (Å²) in [5, 5.41) is 8.36. The molecule has 3 heterocycles. The topological polar surface area (TPSA) is 58.9 Å². The minimum absolute atomic E-state index is 0.118. The lowest BCUT2D eigenvalue weighted by atomic mass is 10.1. The fourth-order valence-corrected chi connectivity index (χ4v) is 3.40. The van der Waals surface area contributed by atoms with Crippen LogP contribution in [0.15, 0.2) is 36.7 Å². The zero-order valence-electron chi connectivity index (χ0n) is 14.4. The molecule has 1 aliphatic heterocycles. The first kappa shape index (κ1) is 16.7. The summed E-state index contributed by atoms with van der Waals surface area (Å²) in [6.45, 7) is 1.73. The lowest BCUT2D eigenvalue weighted by Crippen LogP contribution is -2.42. The SMILES string of the molecule is Cn1cc(N2CCCC(Nc3nc(C(F)F)nc4ccccc34)C2)cn1. The molecule has 1 fully saturated rings. The van der Waals surface area contributed by atoms with E-state index in [4.69, 9.17) is 0 Å². The largest absolute Gasteiger partial charge is 0.367 e. The molecule has 1 saturated heterocycles. The molecule has 0 spiro atoms. The first-order chi connectivity index (χ1) is 12.6. The molecule has 1 aromatic carbocycles. The van der Waals surface area contributed by atoms with E-state index in [1.54, 1.807) is 16.8 Å². The molecule has 1 N–H and O–H groups in total. The van der Waals surface area contributed by atoms with Gasteiger partial charge in [0.05, 0.1) is 17.4 Å². The van der Waals surface area contributed by atoms with E-state index in [0.29, 0.717) is 11.3 Å². The highest BCUT2D eigenvalue weighted by Crippen LogP contribution is 2.27. The average molecular weight is 358 g/mol. The van der Waals surface area contributed by atoms with Crippen molar-refractivity contribution in [2.24, 2.45) is 7.05 Å². The molecule has 3 aromatic rings. The second-order valence-corrected chi connectivity index (χ2v) is 6.55. The van der Waals surface area contributed by atoms with Crippen LogP contribution in [-0.2, 0) is 7.05 Å². The Bertz CT molecular complexity index is 910. The van der Waals surface area contributed by atoms with Gasteiger partial charge in [0.25, 0.3) is 6.43 Å². The molecular weight excluding hydrogens is 338 g/mol. The Kier molecular flexibility index (Phi) is 4.40. The van der Waals surface area contributed by atoms with Crippen molar-refractivity contribution in [3.8, 4) is 0 Å². The lowest BCUT2D eigenvalue weighted by molar-refractivity contribution is 0.141. The van der Waals surface area contributed by atoms with E-state index in [2.05, 4.69) is 25.3 Å². The molecule has 0 radical (unpaired) electrons. The molecular formula is C18H20F2N6. The number of piperidine rings is 1. The second kappa shape index (κ2) is 6.86. The number of nitrogens with zero attached hydrogens (tertiary/aromatic N) is 5. The summed E-state index contributed by atoms with van der Waals surface area (Å²) >= 11 is 0. The first-order valence-corrected chi connectivity index (χ1v) is 8.65. The average Bonchev–Trinajstić information content (AvgIpc) is 3.08. The van der Waals surface area contributed by atoms with Crippen LogP contribution in [-0.4, -0.2) is 38.9 Å². The van der Waals surface area contributed by atoms with Crippen molar-refractivity contribution in [2.45, 2.75) is 25.3 Å². The van der Waals surface area contributed by atoms with Crippen molar-refractivity contribution in [2.75, 3.05) is 23.3 Å². The van der Waals surface area contributed by atoms with Gasteiger partial charge in [-0.25, -0.2) is 18.7 Å². The molecule has 2 aromatic heterocycles. The van der Waals surface area contributed by atoms with Crippen molar-refractivity contribution in [1.29, 1.82) is 0 Å². The highest BCUT2D eigenvalue weighted by Gasteiger charge is 2.23. The number of fused-ring (bicyclic) bond motifs is 1. The predicted octanol–water partition coefficient (Wildman–Crippen LogP) is 3.38. The van der Waals surface area contributed by atoms with Gasteiger partial charge in [0.2, 0.25) is 0 Å². The highest BCUT2D eigenvalue weighted by molar-refractivity contribution is 5.89. The molecule has 8 heteroatoms. The van der Waals surface area contributed by atoms with E-state index in [-0.39, 0.29) is 6.04 Å². The van der Waals surface area contributed by atoms with Gasteiger partial charge in [-0.05, 0) is 25.0 Å². The van der Waals surface area contributed by atoms with Crippen LogP contribution < -0.4 is 10.2 Å². The molecule has 1 unspecified atom stereocenters. The maximum atomic E-state index is 13.2. The smallest absolute Gasteiger partial charge is 0.297 e. The van der Waals surface area contributed by atoms with Crippen LogP contribution in [0.4, 0.5) is 20.3 Å². The Morgan fingerprint density at radius 1 is 1.23 bits per heavy atom. The summed E-state index contributed by atoms with van der Waals surface area (Å²) in [7, 11) is 1.89. The van der Waals surface area contributed by atoms with Crippen LogP contribution in [0.5, 0.6) is 0 Å². The standard InChI is InChI=1S/C18H20F2N6/c1-25-11-13(9-21-25)26-8-4-5-12(10-26)22-17-14-6-2-3-7-15(14)23-18(24-17)16(19)20/h2-3,6-7,9,11-12,16H,4-5,8,10H2,1H3,(H,22,23,24). The number of benzene rings is 1. The number of anilines is 2. The van der Waals surface area contributed by atoms with E-state index in [1.165, 1.54) is 0 Å². The lowest BCUT2D eigenvalue weighted by Gasteiger charge is -2.34. The van der Waals surface area contributed by atoms with E-state index in [9.17, 15) is 8.78 Å². The molecule has 1 atom stereocenters. The summed E-state index contributed by atoms with van der Waals surface area (Å²) in [6.07, 6.45) is 3.10. The Hall–Kier alpha value is -2.77. The Morgan fingerprint density at radius 3 is 2.85 bits per heavy atom. The van der Waals surface area contributed by atoms with Crippen LogP contribution in [0, 0.1) is 0 Å². The molecule has 136 valence electrons. The maximum absolute atomic E-state index is 13.2. The minimum Gasteiger partial charge on any atom is -0.367 e. The normalized spacial score (nSPS) is 17.8.